The maximum absolute atomic E-state index is 14.0. The van der Waals surface area contributed by atoms with Crippen molar-refractivity contribution in [2.45, 2.75) is 38.5 Å². The summed E-state index contributed by atoms with van der Waals surface area (Å²) in [6, 6.07) is 0. The summed E-state index contributed by atoms with van der Waals surface area (Å²) in [6.45, 7) is 0. The average molecular weight is 384 g/mol. The maximum Gasteiger partial charge on any atom is 0.317 e. The van der Waals surface area contributed by atoms with Gasteiger partial charge in [0.1, 0.15) is 5.78 Å². The fourth-order valence-corrected chi connectivity index (χ4v) is 9.16. The van der Waals surface area contributed by atoms with Crippen molar-refractivity contribution in [3.63, 3.8) is 0 Å². The van der Waals surface area contributed by atoms with Gasteiger partial charge in [-0.05, 0) is 62.2 Å². The van der Waals surface area contributed by atoms with E-state index in [1.165, 1.54) is 0 Å². The molecule has 5 saturated carbocycles. The van der Waals surface area contributed by atoms with Gasteiger partial charge in [-0.25, -0.2) is 0 Å². The quantitative estimate of drug-likeness (QED) is 0.454. The number of rotatable bonds is 0. The van der Waals surface area contributed by atoms with Gasteiger partial charge in [-0.2, -0.15) is 0 Å². The standard InChI is InChI=1S/C21H20O7/c22-15-11-7-3-9(13(11)17(24)27-15)20(5-7)1-2-21(19(20)26)6-8-4-10(21)14-12(8)16(23)28-18(14)25/h7-14H,1-6H2/t7?,8?,9?,10?,11-,12?,13?,14?,20?,21?/m0/s1. The summed E-state index contributed by atoms with van der Waals surface area (Å²) in [5.41, 5.74) is -1.11. The summed E-state index contributed by atoms with van der Waals surface area (Å²) >= 11 is 0. The molecule has 7 rings (SSSR count). The van der Waals surface area contributed by atoms with Crippen LogP contribution >= 0.6 is 0 Å². The topological polar surface area (TPSA) is 104 Å². The van der Waals surface area contributed by atoms with E-state index in [0.29, 0.717) is 12.8 Å². The second kappa shape index (κ2) is 4.41. The van der Waals surface area contributed by atoms with Crippen LogP contribution in [0.25, 0.3) is 0 Å². The van der Waals surface area contributed by atoms with E-state index in [0.717, 1.165) is 25.7 Å². The minimum atomic E-state index is -0.554. The molecule has 0 aromatic heterocycles. The van der Waals surface area contributed by atoms with E-state index in [1.807, 2.05) is 0 Å². The number of carbonyl (C=O) groups is 5. The SMILES string of the molecule is O=C1OC(=O)C2C1C1CC2C2(CCC3(CC4CC3C3C(=O)OC(=O)[C@@H]43)C2=O)C1. The lowest BCUT2D eigenvalue weighted by molar-refractivity contribution is -0.156. The average Bonchev–Trinajstić information content (AvgIpc) is 3.46. The van der Waals surface area contributed by atoms with Gasteiger partial charge in [0.2, 0.25) is 0 Å². The van der Waals surface area contributed by atoms with Gasteiger partial charge in [0, 0.05) is 10.8 Å². The summed E-state index contributed by atoms with van der Waals surface area (Å²) < 4.78 is 9.82. The van der Waals surface area contributed by atoms with E-state index in [-0.39, 0.29) is 41.3 Å². The van der Waals surface area contributed by atoms with E-state index in [1.54, 1.807) is 0 Å². The highest BCUT2D eigenvalue weighted by Crippen LogP contribution is 2.75. The Morgan fingerprint density at radius 1 is 0.607 bits per heavy atom. The summed E-state index contributed by atoms with van der Waals surface area (Å²) in [5.74, 6) is -3.28. The van der Waals surface area contributed by atoms with Crippen molar-refractivity contribution >= 4 is 29.7 Å². The summed E-state index contributed by atoms with van der Waals surface area (Å²) in [7, 11) is 0. The van der Waals surface area contributed by atoms with Crippen molar-refractivity contribution in [2.24, 2.45) is 58.2 Å². The first kappa shape index (κ1) is 15.8. The molecule has 7 aliphatic rings. The molecule has 2 spiro atoms. The predicted octanol–water partition coefficient (Wildman–Crippen LogP) is 1.03. The molecule has 10 atom stereocenters. The van der Waals surface area contributed by atoms with Crippen molar-refractivity contribution in [2.75, 3.05) is 0 Å². The second-order valence-corrected chi connectivity index (χ2v) is 10.3. The predicted molar refractivity (Wildman–Crippen MR) is 87.7 cm³/mol. The van der Waals surface area contributed by atoms with Gasteiger partial charge in [0.25, 0.3) is 0 Å². The zero-order valence-corrected chi connectivity index (χ0v) is 15.2. The first-order chi connectivity index (χ1) is 13.4. The van der Waals surface area contributed by atoms with Crippen LogP contribution < -0.4 is 0 Å². The Labute approximate surface area is 160 Å². The lowest BCUT2D eigenvalue weighted by atomic mass is 9.58. The highest BCUT2D eigenvalue weighted by Gasteiger charge is 2.78. The van der Waals surface area contributed by atoms with Gasteiger partial charge in [0.05, 0.1) is 23.7 Å². The van der Waals surface area contributed by atoms with Crippen LogP contribution in [0.3, 0.4) is 0 Å². The molecule has 7 fully saturated rings. The van der Waals surface area contributed by atoms with E-state index in [2.05, 4.69) is 0 Å². The van der Waals surface area contributed by atoms with Crippen molar-refractivity contribution in [1.82, 2.24) is 0 Å². The van der Waals surface area contributed by atoms with Crippen molar-refractivity contribution in [3.8, 4) is 0 Å². The van der Waals surface area contributed by atoms with E-state index in [4.69, 9.17) is 9.47 Å². The van der Waals surface area contributed by atoms with Crippen LogP contribution in [0.4, 0.5) is 0 Å². The smallest absolute Gasteiger partial charge is 0.317 e. The molecular weight excluding hydrogens is 364 g/mol. The number of hydrogen-bond acceptors (Lipinski definition) is 7. The van der Waals surface area contributed by atoms with Crippen LogP contribution in [0, 0.1) is 58.2 Å². The third kappa shape index (κ3) is 1.40. The second-order valence-electron chi connectivity index (χ2n) is 10.3. The number of ketones is 1. The Hall–Kier alpha value is -2.05. The molecule has 9 unspecified atom stereocenters. The largest absolute Gasteiger partial charge is 0.393 e. The lowest BCUT2D eigenvalue weighted by Crippen LogP contribution is -2.48. The Morgan fingerprint density at radius 3 is 1.43 bits per heavy atom. The van der Waals surface area contributed by atoms with Crippen molar-refractivity contribution in [1.29, 1.82) is 0 Å². The molecule has 2 aliphatic heterocycles. The first-order valence-electron chi connectivity index (χ1n) is 10.4. The summed E-state index contributed by atoms with van der Waals surface area (Å²) in [4.78, 5) is 62.8. The van der Waals surface area contributed by atoms with Crippen molar-refractivity contribution in [3.05, 3.63) is 0 Å². The number of carbonyl (C=O) groups excluding carboxylic acids is 5. The van der Waals surface area contributed by atoms with Gasteiger partial charge in [-0.1, -0.05) is 0 Å². The van der Waals surface area contributed by atoms with Gasteiger partial charge in [-0.15, -0.1) is 0 Å². The van der Waals surface area contributed by atoms with Crippen LogP contribution in [-0.2, 0) is 33.4 Å². The van der Waals surface area contributed by atoms with Crippen LogP contribution in [0.5, 0.6) is 0 Å². The third-order valence-corrected chi connectivity index (χ3v) is 9.85. The summed E-state index contributed by atoms with van der Waals surface area (Å²) in [6.07, 6.45) is 4.27. The number of esters is 4. The monoisotopic (exact) mass is 384 g/mol. The van der Waals surface area contributed by atoms with Crippen molar-refractivity contribution < 1.29 is 33.4 Å². The molecule has 0 aromatic rings. The zero-order chi connectivity index (χ0) is 19.2. The molecule has 0 amide bonds. The number of cyclic esters (lactones) is 4. The van der Waals surface area contributed by atoms with E-state index in [9.17, 15) is 24.0 Å². The summed E-state index contributed by atoms with van der Waals surface area (Å²) in [5, 5.41) is 0. The van der Waals surface area contributed by atoms with Gasteiger partial charge in [0.15, 0.2) is 0 Å². The normalized spacial score (nSPS) is 57.6. The lowest BCUT2D eigenvalue weighted by Gasteiger charge is -2.41. The first-order valence-corrected chi connectivity index (χ1v) is 10.4. The van der Waals surface area contributed by atoms with Gasteiger partial charge >= 0.3 is 23.9 Å². The molecule has 2 heterocycles. The molecule has 0 radical (unpaired) electrons. The van der Waals surface area contributed by atoms with E-state index < -0.39 is 46.5 Å². The molecule has 7 heteroatoms. The van der Waals surface area contributed by atoms with Crippen LogP contribution in [0.15, 0.2) is 0 Å². The Kier molecular flexibility index (Phi) is 2.49. The zero-order valence-electron chi connectivity index (χ0n) is 15.2. The number of hydrogen-bond donors (Lipinski definition) is 0. The number of fused-ring (bicyclic) bond motifs is 12. The number of ether oxygens (including phenoxy) is 2. The van der Waals surface area contributed by atoms with E-state index >= 15 is 0 Å². The molecule has 28 heavy (non-hydrogen) atoms. The van der Waals surface area contributed by atoms with Crippen LogP contribution in [-0.4, -0.2) is 29.7 Å². The highest BCUT2D eigenvalue weighted by molar-refractivity contribution is 6.02. The molecule has 5 aliphatic carbocycles. The molecule has 4 bridgehead atoms. The fraction of sp³-hybridized carbons (Fsp3) is 0.762. The van der Waals surface area contributed by atoms with Gasteiger partial charge < -0.3 is 9.47 Å². The van der Waals surface area contributed by atoms with Crippen LogP contribution in [0.2, 0.25) is 0 Å². The molecule has 0 aromatic carbocycles. The Bertz CT molecular complexity index is 850. The highest BCUT2D eigenvalue weighted by atomic mass is 16.6. The van der Waals surface area contributed by atoms with Gasteiger partial charge in [-0.3, -0.25) is 24.0 Å². The molecular formula is C21H20O7. The third-order valence-electron chi connectivity index (χ3n) is 9.85. The fourth-order valence-electron chi connectivity index (χ4n) is 9.16. The molecule has 2 saturated heterocycles. The molecule has 0 N–H and O–H groups in total. The molecule has 7 nitrogen and oxygen atoms in total. The Balaban J connectivity index is 1.27. The minimum absolute atomic E-state index is 0.0532. The van der Waals surface area contributed by atoms with Crippen LogP contribution in [0.1, 0.15) is 38.5 Å². The number of Topliss-reactive ketones (excluding diaryl/α,β-unsaturated/α-hetero) is 1. The Morgan fingerprint density at radius 2 is 1.00 bits per heavy atom. The minimum Gasteiger partial charge on any atom is -0.393 e. The molecule has 146 valence electrons. The maximum atomic E-state index is 14.0.